The highest BCUT2D eigenvalue weighted by Crippen LogP contribution is 2.25. The first-order valence-corrected chi connectivity index (χ1v) is 7.89. The summed E-state index contributed by atoms with van der Waals surface area (Å²) >= 11 is 3.23. The Hall–Kier alpha value is -0.590. The molecule has 0 aromatic heterocycles. The molecule has 0 aliphatic heterocycles. The Labute approximate surface area is 117 Å². The van der Waals surface area contributed by atoms with Gasteiger partial charge in [0.15, 0.2) is 0 Å². The molecule has 0 radical (unpaired) electrons. The molecule has 102 valence electrons. The van der Waals surface area contributed by atoms with Gasteiger partial charge in [-0.2, -0.15) is 0 Å². The topological polar surface area (TPSA) is 72.2 Å². The van der Waals surface area contributed by atoms with Gasteiger partial charge in [-0.1, -0.05) is 20.8 Å². The van der Waals surface area contributed by atoms with Crippen LogP contribution >= 0.6 is 15.9 Å². The zero-order chi connectivity index (χ0) is 14.1. The second kappa shape index (κ2) is 5.19. The highest BCUT2D eigenvalue weighted by molar-refractivity contribution is 9.10. The molecule has 0 bridgehead atoms. The van der Waals surface area contributed by atoms with Crippen LogP contribution in [0.3, 0.4) is 0 Å². The molecule has 6 heteroatoms. The molecular weight excluding hydrogens is 316 g/mol. The van der Waals surface area contributed by atoms with Crippen LogP contribution in [0.15, 0.2) is 27.6 Å². The molecule has 1 aromatic rings. The van der Waals surface area contributed by atoms with Crippen LogP contribution in [0.2, 0.25) is 0 Å². The van der Waals surface area contributed by atoms with E-state index in [1.807, 2.05) is 27.7 Å². The van der Waals surface area contributed by atoms with E-state index in [0.717, 1.165) is 0 Å². The van der Waals surface area contributed by atoms with E-state index < -0.39 is 10.0 Å². The molecule has 3 N–H and O–H groups in total. The van der Waals surface area contributed by atoms with Crippen LogP contribution in [0, 0.1) is 5.41 Å². The van der Waals surface area contributed by atoms with Crippen LogP contribution in [0.5, 0.6) is 0 Å². The summed E-state index contributed by atoms with van der Waals surface area (Å²) in [4.78, 5) is 0.208. The number of hydrogen-bond donors (Lipinski definition) is 2. The monoisotopic (exact) mass is 334 g/mol. The maximum absolute atomic E-state index is 12.2. The molecule has 1 rings (SSSR count). The van der Waals surface area contributed by atoms with Gasteiger partial charge in [0.2, 0.25) is 10.0 Å². The normalized spacial score (nSPS) is 14.5. The van der Waals surface area contributed by atoms with Gasteiger partial charge in [-0.25, -0.2) is 13.1 Å². The van der Waals surface area contributed by atoms with Crippen LogP contribution in [0.4, 0.5) is 5.69 Å². The minimum atomic E-state index is -3.52. The first kappa shape index (κ1) is 15.5. The van der Waals surface area contributed by atoms with Gasteiger partial charge in [0.05, 0.1) is 4.90 Å². The number of sulfonamides is 1. The molecule has 0 aliphatic rings. The van der Waals surface area contributed by atoms with Gasteiger partial charge in [-0.05, 0) is 46.5 Å². The number of nitrogens with one attached hydrogen (secondary N) is 1. The van der Waals surface area contributed by atoms with Crippen molar-refractivity contribution in [2.45, 2.75) is 38.6 Å². The first-order valence-electron chi connectivity index (χ1n) is 5.61. The molecule has 0 saturated heterocycles. The van der Waals surface area contributed by atoms with E-state index in [1.165, 1.54) is 12.1 Å². The van der Waals surface area contributed by atoms with Crippen LogP contribution in [0.1, 0.15) is 27.7 Å². The molecule has 18 heavy (non-hydrogen) atoms. The largest absolute Gasteiger partial charge is 0.398 e. The summed E-state index contributed by atoms with van der Waals surface area (Å²) in [7, 11) is -3.52. The summed E-state index contributed by atoms with van der Waals surface area (Å²) in [5.74, 6) is 0. The van der Waals surface area contributed by atoms with Crippen molar-refractivity contribution in [3.05, 3.63) is 22.7 Å². The second-order valence-corrected chi connectivity index (χ2v) is 7.96. The first-order chi connectivity index (χ1) is 8.04. The zero-order valence-electron chi connectivity index (χ0n) is 11.0. The maximum Gasteiger partial charge on any atom is 0.240 e. The molecule has 0 heterocycles. The third-order valence-corrected chi connectivity index (χ3v) is 5.14. The highest BCUT2D eigenvalue weighted by atomic mass is 79.9. The van der Waals surface area contributed by atoms with Crippen molar-refractivity contribution in [2.75, 3.05) is 5.73 Å². The summed E-state index contributed by atoms with van der Waals surface area (Å²) in [6.45, 7) is 7.81. The van der Waals surface area contributed by atoms with Crippen molar-refractivity contribution < 1.29 is 8.42 Å². The predicted octanol–water partition coefficient (Wildman–Crippen LogP) is 2.74. The molecule has 0 fully saturated rings. The van der Waals surface area contributed by atoms with Crippen molar-refractivity contribution in [3.8, 4) is 0 Å². The number of nitrogen functional groups attached to an aromatic ring is 1. The van der Waals surface area contributed by atoms with Crippen LogP contribution < -0.4 is 10.5 Å². The number of halogens is 1. The number of benzene rings is 1. The fourth-order valence-electron chi connectivity index (χ4n) is 1.15. The van der Waals surface area contributed by atoms with E-state index in [0.29, 0.717) is 10.2 Å². The number of hydrogen-bond acceptors (Lipinski definition) is 3. The van der Waals surface area contributed by atoms with E-state index in [-0.39, 0.29) is 16.4 Å². The Morgan fingerprint density at radius 3 is 2.33 bits per heavy atom. The predicted molar refractivity (Wildman–Crippen MR) is 77.8 cm³/mol. The summed E-state index contributed by atoms with van der Waals surface area (Å²) in [5, 5.41) is 0. The quantitative estimate of drug-likeness (QED) is 0.835. The molecule has 0 saturated carbocycles. The molecular formula is C12H19BrN2O2S. The Morgan fingerprint density at radius 2 is 1.89 bits per heavy atom. The Bertz CT molecular complexity index is 535. The summed E-state index contributed by atoms with van der Waals surface area (Å²) in [6.07, 6.45) is 0. The lowest BCUT2D eigenvalue weighted by Crippen LogP contribution is -2.41. The Balaban J connectivity index is 3.04. The van der Waals surface area contributed by atoms with E-state index in [2.05, 4.69) is 20.7 Å². The van der Waals surface area contributed by atoms with Crippen molar-refractivity contribution in [2.24, 2.45) is 5.41 Å². The van der Waals surface area contributed by atoms with Crippen LogP contribution in [-0.2, 0) is 10.0 Å². The average Bonchev–Trinajstić information content (AvgIpc) is 2.19. The van der Waals surface area contributed by atoms with E-state index in [4.69, 9.17) is 5.73 Å². The van der Waals surface area contributed by atoms with Gasteiger partial charge in [0.25, 0.3) is 0 Å². The fourth-order valence-corrected chi connectivity index (χ4v) is 3.16. The smallest absolute Gasteiger partial charge is 0.240 e. The molecule has 1 aromatic carbocycles. The van der Waals surface area contributed by atoms with Crippen molar-refractivity contribution >= 4 is 31.6 Å². The SMILES string of the molecule is CC(NS(=O)(=O)c1ccc(N)c(Br)c1)C(C)(C)C. The molecule has 1 unspecified atom stereocenters. The second-order valence-electron chi connectivity index (χ2n) is 5.39. The van der Waals surface area contributed by atoms with Gasteiger partial charge in [-0.15, -0.1) is 0 Å². The van der Waals surface area contributed by atoms with Crippen molar-refractivity contribution in [3.63, 3.8) is 0 Å². The van der Waals surface area contributed by atoms with Gasteiger partial charge >= 0.3 is 0 Å². The molecule has 4 nitrogen and oxygen atoms in total. The number of rotatable bonds is 3. The minimum absolute atomic E-state index is 0.141. The van der Waals surface area contributed by atoms with Crippen molar-refractivity contribution in [1.82, 2.24) is 4.72 Å². The van der Waals surface area contributed by atoms with Gasteiger partial charge in [0, 0.05) is 16.2 Å². The summed E-state index contributed by atoms with van der Waals surface area (Å²) in [5.41, 5.74) is 6.01. The van der Waals surface area contributed by atoms with Crippen LogP contribution in [-0.4, -0.2) is 14.5 Å². The van der Waals surface area contributed by atoms with Gasteiger partial charge in [0.1, 0.15) is 0 Å². The maximum atomic E-state index is 12.2. The summed E-state index contributed by atoms with van der Waals surface area (Å²) in [6, 6.07) is 4.41. The highest BCUT2D eigenvalue weighted by Gasteiger charge is 2.26. The fraction of sp³-hybridized carbons (Fsp3) is 0.500. The van der Waals surface area contributed by atoms with E-state index >= 15 is 0 Å². The molecule has 0 spiro atoms. The zero-order valence-corrected chi connectivity index (χ0v) is 13.4. The number of anilines is 1. The van der Waals surface area contributed by atoms with E-state index in [9.17, 15) is 8.42 Å². The molecule has 1 atom stereocenters. The molecule has 0 aliphatic carbocycles. The van der Waals surface area contributed by atoms with Crippen molar-refractivity contribution in [1.29, 1.82) is 0 Å². The van der Waals surface area contributed by atoms with Gasteiger partial charge in [-0.3, -0.25) is 0 Å². The summed E-state index contributed by atoms with van der Waals surface area (Å²) < 4.78 is 27.6. The average molecular weight is 335 g/mol. The Kier molecular flexibility index (Phi) is 4.46. The lowest BCUT2D eigenvalue weighted by molar-refractivity contribution is 0.317. The lowest BCUT2D eigenvalue weighted by atomic mass is 9.89. The minimum Gasteiger partial charge on any atom is -0.398 e. The van der Waals surface area contributed by atoms with E-state index in [1.54, 1.807) is 6.07 Å². The van der Waals surface area contributed by atoms with Gasteiger partial charge < -0.3 is 5.73 Å². The lowest BCUT2D eigenvalue weighted by Gasteiger charge is -2.27. The Morgan fingerprint density at radius 1 is 1.33 bits per heavy atom. The number of nitrogens with two attached hydrogens (primary N) is 1. The van der Waals surface area contributed by atoms with Crippen LogP contribution in [0.25, 0.3) is 0 Å². The standard InChI is InChI=1S/C12H19BrN2O2S/c1-8(12(2,3)4)15-18(16,17)9-5-6-11(14)10(13)7-9/h5-8,15H,14H2,1-4H3. The third-order valence-electron chi connectivity index (χ3n) is 2.91. The third kappa shape index (κ3) is 3.70. The molecule has 0 amide bonds.